The number of hydrogen-bond acceptors (Lipinski definition) is 10. The number of carbonyl (C=O) groups excluding carboxylic acids is 4. The predicted molar refractivity (Wildman–Crippen MR) is 171 cm³/mol. The summed E-state index contributed by atoms with van der Waals surface area (Å²) in [4.78, 5) is 46.9. The Morgan fingerprint density at radius 2 is 0.795 bits per heavy atom. The molecule has 0 bridgehead atoms. The van der Waals surface area contributed by atoms with E-state index in [4.69, 9.17) is 29.2 Å². The van der Waals surface area contributed by atoms with Gasteiger partial charge in [-0.05, 0) is 25.7 Å². The van der Waals surface area contributed by atoms with Crippen LogP contribution in [0.1, 0.15) is 156 Å². The van der Waals surface area contributed by atoms with E-state index in [0.29, 0.717) is 25.7 Å². The van der Waals surface area contributed by atoms with E-state index in [9.17, 15) is 19.2 Å². The molecule has 0 saturated carbocycles. The first-order chi connectivity index (χ1) is 21.2. The highest BCUT2D eigenvalue weighted by Crippen LogP contribution is 2.09. The van der Waals surface area contributed by atoms with E-state index in [2.05, 4.69) is 27.7 Å². The van der Waals surface area contributed by atoms with Crippen molar-refractivity contribution in [2.24, 2.45) is 0 Å². The molecule has 0 fully saturated rings. The first-order valence-electron chi connectivity index (χ1n) is 17.2. The summed E-state index contributed by atoms with van der Waals surface area (Å²) < 4.78 is 20.7. The van der Waals surface area contributed by atoms with Crippen LogP contribution in [0.15, 0.2) is 0 Å². The molecule has 260 valence electrons. The lowest BCUT2D eigenvalue weighted by atomic mass is 10.1. The van der Waals surface area contributed by atoms with Gasteiger partial charge in [-0.15, -0.1) is 0 Å². The number of ether oxygens (including phenoxy) is 4. The third-order valence-corrected chi connectivity index (χ3v) is 6.74. The summed E-state index contributed by atoms with van der Waals surface area (Å²) in [5, 5.41) is 17.3. The fraction of sp³-hybridized carbons (Fsp3) is 0.882. The Bertz CT molecular complexity index is 670. The topological polar surface area (TPSA) is 146 Å². The summed E-state index contributed by atoms with van der Waals surface area (Å²) in [6.07, 6.45) is 15.8. The molecule has 0 saturated heterocycles. The van der Waals surface area contributed by atoms with Crippen molar-refractivity contribution in [3.63, 3.8) is 0 Å². The van der Waals surface area contributed by atoms with E-state index in [0.717, 1.165) is 103 Å². The molecule has 0 aliphatic heterocycles. The highest BCUT2D eigenvalue weighted by Gasteiger charge is 2.19. The van der Waals surface area contributed by atoms with Crippen LogP contribution in [0.3, 0.4) is 0 Å². The second kappa shape index (κ2) is 33.7. The molecule has 0 aliphatic carbocycles. The van der Waals surface area contributed by atoms with Crippen molar-refractivity contribution in [1.29, 1.82) is 0 Å². The molecule has 0 aromatic rings. The van der Waals surface area contributed by atoms with Crippen molar-refractivity contribution in [3.8, 4) is 0 Å². The standard InChI is InChI=1S/C24H44O6.C10H20O4/c1-4-7-10-13-16-22(25)28-19-21(30-24(27)18-15-12-9-6-3)20-29-23(26)17-14-11-8-5-2;1-2-3-4-5-6-10(13)14-8-9(12)7-11/h21H,4-20H2,1-3H3;9,11-12H,2-8H2,1H3. The van der Waals surface area contributed by atoms with Crippen molar-refractivity contribution in [1.82, 2.24) is 0 Å². The maximum atomic E-state index is 12.1. The Hall–Kier alpha value is -2.20. The fourth-order valence-electron chi connectivity index (χ4n) is 3.98. The van der Waals surface area contributed by atoms with Crippen molar-refractivity contribution >= 4 is 23.9 Å². The van der Waals surface area contributed by atoms with Crippen LogP contribution in [0.25, 0.3) is 0 Å². The normalized spacial score (nSPS) is 11.3. The maximum Gasteiger partial charge on any atom is 0.306 e. The first kappa shape index (κ1) is 43.9. The van der Waals surface area contributed by atoms with E-state index >= 15 is 0 Å². The monoisotopic (exact) mass is 632 g/mol. The second-order valence-corrected chi connectivity index (χ2v) is 11.2. The molecule has 0 aromatic heterocycles. The van der Waals surface area contributed by atoms with Gasteiger partial charge in [0.1, 0.15) is 25.9 Å². The molecule has 0 aliphatic rings. The van der Waals surface area contributed by atoms with Gasteiger partial charge < -0.3 is 29.2 Å². The molecular weight excluding hydrogens is 568 g/mol. The van der Waals surface area contributed by atoms with Gasteiger partial charge >= 0.3 is 23.9 Å². The van der Waals surface area contributed by atoms with Gasteiger partial charge in [0.2, 0.25) is 0 Å². The van der Waals surface area contributed by atoms with Crippen LogP contribution < -0.4 is 0 Å². The molecular formula is C34H64O10. The van der Waals surface area contributed by atoms with Crippen molar-refractivity contribution < 1.29 is 48.3 Å². The summed E-state index contributed by atoms with van der Waals surface area (Å²) in [6.45, 7) is 7.83. The Balaban J connectivity index is 0. The quantitative estimate of drug-likeness (QED) is 0.0539. The highest BCUT2D eigenvalue weighted by atomic mass is 16.6. The molecule has 10 heteroatoms. The average molecular weight is 633 g/mol. The van der Waals surface area contributed by atoms with Gasteiger partial charge in [-0.3, -0.25) is 19.2 Å². The smallest absolute Gasteiger partial charge is 0.306 e. The van der Waals surface area contributed by atoms with Crippen LogP contribution >= 0.6 is 0 Å². The minimum Gasteiger partial charge on any atom is -0.463 e. The zero-order valence-corrected chi connectivity index (χ0v) is 28.3. The lowest BCUT2D eigenvalue weighted by Crippen LogP contribution is -2.30. The summed E-state index contributed by atoms with van der Waals surface area (Å²) in [6, 6.07) is 0. The number of esters is 4. The Kier molecular flexibility index (Phi) is 33.6. The van der Waals surface area contributed by atoms with Crippen LogP contribution in [0, 0.1) is 0 Å². The predicted octanol–water partition coefficient (Wildman–Crippen LogP) is 6.75. The molecule has 1 atom stereocenters. The second-order valence-electron chi connectivity index (χ2n) is 11.2. The summed E-state index contributed by atoms with van der Waals surface area (Å²) in [7, 11) is 0. The Morgan fingerprint density at radius 3 is 1.11 bits per heavy atom. The lowest BCUT2D eigenvalue weighted by Gasteiger charge is -2.18. The minimum absolute atomic E-state index is 0.0730. The van der Waals surface area contributed by atoms with Gasteiger partial charge in [-0.2, -0.15) is 0 Å². The molecule has 0 aromatic carbocycles. The minimum atomic E-state index is -0.949. The van der Waals surface area contributed by atoms with E-state index in [1.807, 2.05) is 0 Å². The molecule has 44 heavy (non-hydrogen) atoms. The highest BCUT2D eigenvalue weighted by molar-refractivity contribution is 5.71. The lowest BCUT2D eigenvalue weighted by molar-refractivity contribution is -0.167. The number of hydrogen-bond donors (Lipinski definition) is 2. The molecule has 0 amide bonds. The van der Waals surface area contributed by atoms with Crippen LogP contribution in [0.5, 0.6) is 0 Å². The molecule has 0 spiro atoms. The van der Waals surface area contributed by atoms with Crippen molar-refractivity contribution in [2.45, 2.75) is 168 Å². The van der Waals surface area contributed by atoms with E-state index in [-0.39, 0.29) is 50.3 Å². The fourth-order valence-corrected chi connectivity index (χ4v) is 3.98. The van der Waals surface area contributed by atoms with E-state index in [1.165, 1.54) is 0 Å². The van der Waals surface area contributed by atoms with E-state index < -0.39 is 12.2 Å². The largest absolute Gasteiger partial charge is 0.463 e. The summed E-state index contributed by atoms with van der Waals surface area (Å²) in [5.41, 5.74) is 0. The Morgan fingerprint density at radius 1 is 0.477 bits per heavy atom. The molecule has 0 radical (unpaired) electrons. The van der Waals surface area contributed by atoms with Gasteiger partial charge in [0.25, 0.3) is 0 Å². The maximum absolute atomic E-state index is 12.1. The molecule has 0 heterocycles. The molecule has 0 rings (SSSR count). The van der Waals surface area contributed by atoms with Gasteiger partial charge in [0.15, 0.2) is 6.10 Å². The van der Waals surface area contributed by atoms with E-state index in [1.54, 1.807) is 0 Å². The van der Waals surface area contributed by atoms with Gasteiger partial charge in [-0.1, -0.05) is 105 Å². The first-order valence-corrected chi connectivity index (χ1v) is 17.2. The number of rotatable bonds is 28. The van der Waals surface area contributed by atoms with Gasteiger partial charge in [0, 0.05) is 25.7 Å². The zero-order valence-electron chi connectivity index (χ0n) is 28.3. The summed E-state index contributed by atoms with van der Waals surface area (Å²) >= 11 is 0. The van der Waals surface area contributed by atoms with Crippen molar-refractivity contribution in [3.05, 3.63) is 0 Å². The van der Waals surface area contributed by atoms with Gasteiger partial charge in [-0.25, -0.2) is 0 Å². The number of aliphatic hydroxyl groups is 2. The van der Waals surface area contributed by atoms with Crippen LogP contribution in [-0.4, -0.2) is 72.7 Å². The summed E-state index contributed by atoms with van der Waals surface area (Å²) in [5.74, 6) is -1.25. The van der Waals surface area contributed by atoms with Crippen LogP contribution in [-0.2, 0) is 38.1 Å². The molecule has 2 N–H and O–H groups in total. The third kappa shape index (κ3) is 32.7. The molecule has 10 nitrogen and oxygen atoms in total. The number of carbonyl (C=O) groups is 4. The van der Waals surface area contributed by atoms with Gasteiger partial charge in [0.05, 0.1) is 6.61 Å². The van der Waals surface area contributed by atoms with Crippen molar-refractivity contribution in [2.75, 3.05) is 26.4 Å². The Labute approximate surface area is 266 Å². The zero-order chi connectivity index (χ0) is 33.3. The molecule has 1 unspecified atom stereocenters. The number of unbranched alkanes of at least 4 members (excludes halogenated alkanes) is 12. The van der Waals surface area contributed by atoms with Crippen LogP contribution in [0.2, 0.25) is 0 Å². The van der Waals surface area contributed by atoms with Crippen LogP contribution in [0.4, 0.5) is 0 Å². The number of aliphatic hydroxyl groups excluding tert-OH is 2. The third-order valence-electron chi connectivity index (χ3n) is 6.74. The SMILES string of the molecule is CCCCCCC(=O)OCC(COC(=O)CCCCCC)OC(=O)CCCCCC.CCCCCCC(=O)OCC(O)CO. The average Bonchev–Trinajstić information content (AvgIpc) is 3.02.